The van der Waals surface area contributed by atoms with Gasteiger partial charge in [0.05, 0.1) is 5.71 Å². The third-order valence-electron chi connectivity index (χ3n) is 6.66. The summed E-state index contributed by atoms with van der Waals surface area (Å²) in [4.78, 5) is 0. The summed E-state index contributed by atoms with van der Waals surface area (Å²) in [5, 5.41) is 12.8. The summed E-state index contributed by atoms with van der Waals surface area (Å²) < 4.78 is 0. The highest BCUT2D eigenvalue weighted by atomic mass is 16.4. The lowest BCUT2D eigenvalue weighted by atomic mass is 9.48. The largest absolute Gasteiger partial charge is 0.411 e. The summed E-state index contributed by atoms with van der Waals surface area (Å²) in [5.74, 6) is 1.26. The number of oxime groups is 1. The molecular weight excluding hydrogens is 210 g/mol. The maximum atomic E-state index is 9.22. The molecule has 2 nitrogen and oxygen atoms in total. The van der Waals surface area contributed by atoms with E-state index < -0.39 is 0 Å². The van der Waals surface area contributed by atoms with Gasteiger partial charge in [0.1, 0.15) is 0 Å². The van der Waals surface area contributed by atoms with Crippen LogP contribution in [0.5, 0.6) is 0 Å². The van der Waals surface area contributed by atoms with Crippen molar-refractivity contribution >= 4 is 5.71 Å². The SMILES string of the molecule is CC1/C(=N\O)CC2(C)CCCC(C)(C)C23CC13. The minimum absolute atomic E-state index is 0.382. The Bertz CT molecular complexity index is 386. The fraction of sp³-hybridized carbons (Fsp3) is 0.933. The molecule has 0 heterocycles. The standard InChI is InChI=1S/C15H25NO/c1-10-11-8-15(11)13(2,3)6-5-7-14(15,4)9-12(10)16-17/h10-11,17H,5-9H2,1-4H3/b16-12-. The smallest absolute Gasteiger partial charge is 0.0607 e. The summed E-state index contributed by atoms with van der Waals surface area (Å²) in [7, 11) is 0. The molecule has 17 heavy (non-hydrogen) atoms. The Morgan fingerprint density at radius 2 is 1.94 bits per heavy atom. The lowest BCUT2D eigenvalue weighted by molar-refractivity contribution is -0.0434. The van der Waals surface area contributed by atoms with E-state index in [1.165, 1.54) is 25.7 Å². The van der Waals surface area contributed by atoms with Crippen LogP contribution in [0.1, 0.15) is 59.8 Å². The molecule has 3 rings (SSSR count). The van der Waals surface area contributed by atoms with E-state index in [4.69, 9.17) is 0 Å². The van der Waals surface area contributed by atoms with Gasteiger partial charge >= 0.3 is 0 Å². The van der Waals surface area contributed by atoms with E-state index in [0.29, 0.717) is 22.2 Å². The second-order valence-electron chi connectivity index (χ2n) is 7.64. The van der Waals surface area contributed by atoms with Crippen molar-refractivity contribution in [3.8, 4) is 0 Å². The number of hydrogen-bond acceptors (Lipinski definition) is 2. The van der Waals surface area contributed by atoms with Gasteiger partial charge in [0.2, 0.25) is 0 Å². The molecule has 0 aromatic heterocycles. The van der Waals surface area contributed by atoms with Crippen molar-refractivity contribution in [3.63, 3.8) is 0 Å². The predicted molar refractivity (Wildman–Crippen MR) is 69.3 cm³/mol. The summed E-state index contributed by atoms with van der Waals surface area (Å²) in [6, 6.07) is 0. The highest BCUT2D eigenvalue weighted by molar-refractivity contribution is 5.89. The van der Waals surface area contributed by atoms with Gasteiger partial charge in [0.15, 0.2) is 0 Å². The topological polar surface area (TPSA) is 32.6 Å². The molecule has 3 aliphatic rings. The van der Waals surface area contributed by atoms with E-state index in [0.717, 1.165) is 18.1 Å². The Hall–Kier alpha value is -0.530. The number of nitrogens with zero attached hydrogens (tertiary/aromatic N) is 1. The van der Waals surface area contributed by atoms with Gasteiger partial charge in [-0.25, -0.2) is 0 Å². The maximum Gasteiger partial charge on any atom is 0.0607 e. The second-order valence-corrected chi connectivity index (χ2v) is 7.64. The first kappa shape index (κ1) is 11.6. The molecular formula is C15H25NO. The van der Waals surface area contributed by atoms with Crippen LogP contribution in [0.3, 0.4) is 0 Å². The van der Waals surface area contributed by atoms with E-state index in [2.05, 4.69) is 32.9 Å². The van der Waals surface area contributed by atoms with Crippen LogP contribution in [0.15, 0.2) is 5.16 Å². The molecule has 0 aromatic rings. The Balaban J connectivity index is 2.05. The molecule has 1 N–H and O–H groups in total. The molecule has 0 radical (unpaired) electrons. The summed E-state index contributed by atoms with van der Waals surface area (Å²) >= 11 is 0. The van der Waals surface area contributed by atoms with Gasteiger partial charge in [-0.15, -0.1) is 0 Å². The van der Waals surface area contributed by atoms with Gasteiger partial charge in [-0.3, -0.25) is 0 Å². The molecule has 3 aliphatic carbocycles. The van der Waals surface area contributed by atoms with Crippen LogP contribution in [0.25, 0.3) is 0 Å². The molecule has 96 valence electrons. The Labute approximate surface area is 104 Å². The summed E-state index contributed by atoms with van der Waals surface area (Å²) in [6.07, 6.45) is 6.41. The molecule has 3 saturated carbocycles. The van der Waals surface area contributed by atoms with E-state index in [9.17, 15) is 5.21 Å². The van der Waals surface area contributed by atoms with Crippen molar-refractivity contribution in [2.24, 2.45) is 33.2 Å². The summed E-state index contributed by atoms with van der Waals surface area (Å²) in [5.41, 5.74) is 2.45. The van der Waals surface area contributed by atoms with Crippen molar-refractivity contribution in [1.29, 1.82) is 0 Å². The zero-order chi connectivity index (χ0) is 12.5. The van der Waals surface area contributed by atoms with Crippen molar-refractivity contribution in [2.45, 2.75) is 59.8 Å². The number of rotatable bonds is 0. The molecule has 4 atom stereocenters. The molecule has 1 spiro atoms. The van der Waals surface area contributed by atoms with E-state index in [1.807, 2.05) is 0 Å². The van der Waals surface area contributed by atoms with Crippen LogP contribution in [0.4, 0.5) is 0 Å². The van der Waals surface area contributed by atoms with Crippen molar-refractivity contribution in [1.82, 2.24) is 0 Å². The first-order valence-electron chi connectivity index (χ1n) is 7.09. The lowest BCUT2D eigenvalue weighted by Crippen LogP contribution is -2.50. The fourth-order valence-corrected chi connectivity index (χ4v) is 5.71. The highest BCUT2D eigenvalue weighted by Crippen LogP contribution is 2.80. The number of hydrogen-bond donors (Lipinski definition) is 1. The average Bonchev–Trinajstić information content (AvgIpc) is 3.00. The molecule has 0 saturated heterocycles. The average molecular weight is 235 g/mol. The van der Waals surface area contributed by atoms with Crippen LogP contribution >= 0.6 is 0 Å². The normalized spacial score (nSPS) is 54.0. The molecule has 0 bridgehead atoms. The molecule has 4 unspecified atom stereocenters. The van der Waals surface area contributed by atoms with Gasteiger partial charge in [0, 0.05) is 5.92 Å². The van der Waals surface area contributed by atoms with E-state index in [1.54, 1.807) is 0 Å². The van der Waals surface area contributed by atoms with E-state index >= 15 is 0 Å². The van der Waals surface area contributed by atoms with Gasteiger partial charge < -0.3 is 5.21 Å². The monoisotopic (exact) mass is 235 g/mol. The Kier molecular flexibility index (Phi) is 2.09. The highest BCUT2D eigenvalue weighted by Gasteiger charge is 2.75. The third-order valence-corrected chi connectivity index (χ3v) is 6.66. The van der Waals surface area contributed by atoms with Gasteiger partial charge in [-0.05, 0) is 47.8 Å². The third kappa shape index (κ3) is 1.15. The van der Waals surface area contributed by atoms with Crippen LogP contribution in [0, 0.1) is 28.1 Å². The Morgan fingerprint density at radius 3 is 2.59 bits per heavy atom. The summed E-state index contributed by atoms with van der Waals surface area (Å²) in [6.45, 7) is 9.65. The van der Waals surface area contributed by atoms with Crippen LogP contribution in [-0.2, 0) is 0 Å². The minimum Gasteiger partial charge on any atom is -0.411 e. The first-order valence-corrected chi connectivity index (χ1v) is 7.09. The van der Waals surface area contributed by atoms with Gasteiger partial charge in [0.25, 0.3) is 0 Å². The zero-order valence-electron chi connectivity index (χ0n) is 11.6. The van der Waals surface area contributed by atoms with Crippen LogP contribution in [0.2, 0.25) is 0 Å². The lowest BCUT2D eigenvalue weighted by Gasteiger charge is -2.56. The van der Waals surface area contributed by atoms with Crippen LogP contribution in [-0.4, -0.2) is 10.9 Å². The first-order chi connectivity index (χ1) is 7.88. The molecule has 0 amide bonds. The van der Waals surface area contributed by atoms with Gasteiger partial charge in [-0.1, -0.05) is 39.3 Å². The second kappa shape index (κ2) is 3.07. The quantitative estimate of drug-likeness (QED) is 0.498. The predicted octanol–water partition coefficient (Wildman–Crippen LogP) is 4.08. The molecule has 3 fully saturated rings. The molecule has 0 aromatic carbocycles. The Morgan fingerprint density at radius 1 is 1.24 bits per heavy atom. The van der Waals surface area contributed by atoms with Crippen molar-refractivity contribution in [3.05, 3.63) is 0 Å². The van der Waals surface area contributed by atoms with Crippen LogP contribution < -0.4 is 0 Å². The fourth-order valence-electron chi connectivity index (χ4n) is 5.71. The molecule has 0 aliphatic heterocycles. The van der Waals surface area contributed by atoms with Gasteiger partial charge in [-0.2, -0.15) is 0 Å². The minimum atomic E-state index is 0.382. The molecule has 2 heteroatoms. The van der Waals surface area contributed by atoms with E-state index in [-0.39, 0.29) is 0 Å². The zero-order valence-corrected chi connectivity index (χ0v) is 11.6. The van der Waals surface area contributed by atoms with Crippen molar-refractivity contribution < 1.29 is 5.21 Å². The maximum absolute atomic E-state index is 9.22. The van der Waals surface area contributed by atoms with Crippen molar-refractivity contribution in [2.75, 3.05) is 0 Å².